The van der Waals surface area contributed by atoms with Gasteiger partial charge in [-0.3, -0.25) is 4.79 Å². The smallest absolute Gasteiger partial charge is 0.203 e. The molecule has 7 nitrogen and oxygen atoms in total. The summed E-state index contributed by atoms with van der Waals surface area (Å²) < 4.78 is 26.8. The lowest BCUT2D eigenvalue weighted by Crippen LogP contribution is -2.03. The highest BCUT2D eigenvalue weighted by Gasteiger charge is 2.13. The minimum atomic E-state index is -0.201. The molecule has 0 saturated heterocycles. The molecule has 2 aromatic carbocycles. The molecule has 0 saturated carbocycles. The van der Waals surface area contributed by atoms with E-state index in [2.05, 4.69) is 0 Å². The van der Waals surface area contributed by atoms with Gasteiger partial charge in [-0.15, -0.1) is 0 Å². The van der Waals surface area contributed by atoms with E-state index < -0.39 is 0 Å². The lowest BCUT2D eigenvalue weighted by atomic mass is 10.1. The molecule has 0 aliphatic heterocycles. The molecule has 0 atom stereocenters. The van der Waals surface area contributed by atoms with Gasteiger partial charge in [-0.05, 0) is 42.0 Å². The lowest BCUT2D eigenvalue weighted by molar-refractivity contribution is 0.104. The quantitative estimate of drug-likeness (QED) is 0.350. The number of carbonyl (C=O) groups excluding carboxylic acids is 1. The number of aliphatic hydroxyl groups excluding tert-OH is 1. The first-order chi connectivity index (χ1) is 14.1. The number of allylic oxidation sites excluding steroid dienone is 1. The molecule has 7 heteroatoms. The predicted octanol–water partition coefficient (Wildman–Crippen LogP) is 3.38. The molecule has 0 bridgehead atoms. The maximum atomic E-state index is 12.6. The van der Waals surface area contributed by atoms with Gasteiger partial charge in [0.1, 0.15) is 0 Å². The van der Waals surface area contributed by atoms with Crippen LogP contribution in [0.3, 0.4) is 0 Å². The Morgan fingerprint density at radius 2 is 1.55 bits per heavy atom. The molecule has 2 rings (SSSR count). The van der Waals surface area contributed by atoms with Gasteiger partial charge in [-0.1, -0.05) is 6.08 Å². The van der Waals surface area contributed by atoms with E-state index in [1.165, 1.54) is 34.5 Å². The fourth-order valence-corrected chi connectivity index (χ4v) is 2.66. The van der Waals surface area contributed by atoms with Crippen molar-refractivity contribution in [3.63, 3.8) is 0 Å². The predicted molar refractivity (Wildman–Crippen MR) is 110 cm³/mol. The summed E-state index contributed by atoms with van der Waals surface area (Å²) in [6.07, 6.45) is 3.62. The van der Waals surface area contributed by atoms with Gasteiger partial charge in [0.25, 0.3) is 0 Å². The topological polar surface area (TPSA) is 83.5 Å². The van der Waals surface area contributed by atoms with E-state index >= 15 is 0 Å². The number of rotatable bonds is 11. The van der Waals surface area contributed by atoms with Crippen LogP contribution in [0.25, 0.3) is 6.08 Å². The molecule has 0 heterocycles. The van der Waals surface area contributed by atoms with Crippen LogP contribution >= 0.6 is 0 Å². The third-order valence-electron chi connectivity index (χ3n) is 4.12. The molecule has 1 N–H and O–H groups in total. The standard InChI is InChI=1S/C22H26O7/c1-25-18-9-7-16(14-19(18)29-11-5-10-23)17(24)8-6-15-12-20(26-2)22(28-4)21(13-15)27-3/h6-9,12-14,23H,5,10-11H2,1-4H3/b8-6+. The molecule has 0 radical (unpaired) electrons. The van der Waals surface area contributed by atoms with Crippen molar-refractivity contribution < 1.29 is 33.6 Å². The lowest BCUT2D eigenvalue weighted by Gasteiger charge is -2.13. The first-order valence-electron chi connectivity index (χ1n) is 9.02. The molecule has 0 aliphatic rings. The van der Waals surface area contributed by atoms with Gasteiger partial charge in [-0.2, -0.15) is 0 Å². The highest BCUT2D eigenvalue weighted by Crippen LogP contribution is 2.38. The average molecular weight is 402 g/mol. The first-order valence-corrected chi connectivity index (χ1v) is 9.02. The number of hydrogen-bond donors (Lipinski definition) is 1. The van der Waals surface area contributed by atoms with E-state index in [1.807, 2.05) is 0 Å². The molecule has 0 aromatic heterocycles. The highest BCUT2D eigenvalue weighted by molar-refractivity contribution is 6.07. The van der Waals surface area contributed by atoms with Crippen molar-refractivity contribution in [1.82, 2.24) is 0 Å². The van der Waals surface area contributed by atoms with Crippen molar-refractivity contribution in [2.75, 3.05) is 41.7 Å². The van der Waals surface area contributed by atoms with Gasteiger partial charge in [-0.25, -0.2) is 0 Å². The second-order valence-electron chi connectivity index (χ2n) is 5.95. The van der Waals surface area contributed by atoms with Crippen LogP contribution in [0.4, 0.5) is 0 Å². The molecular formula is C22H26O7. The van der Waals surface area contributed by atoms with Gasteiger partial charge in [0.15, 0.2) is 28.8 Å². The van der Waals surface area contributed by atoms with E-state index in [9.17, 15) is 4.79 Å². The number of benzene rings is 2. The maximum Gasteiger partial charge on any atom is 0.203 e. The summed E-state index contributed by atoms with van der Waals surface area (Å²) >= 11 is 0. The molecule has 2 aromatic rings. The highest BCUT2D eigenvalue weighted by atomic mass is 16.5. The van der Waals surface area contributed by atoms with Crippen LogP contribution in [-0.4, -0.2) is 52.5 Å². The Kier molecular flexibility index (Phi) is 8.36. The monoisotopic (exact) mass is 402 g/mol. The van der Waals surface area contributed by atoms with E-state index in [-0.39, 0.29) is 12.4 Å². The van der Waals surface area contributed by atoms with Crippen molar-refractivity contribution in [2.24, 2.45) is 0 Å². The van der Waals surface area contributed by atoms with E-state index in [0.717, 1.165) is 5.56 Å². The van der Waals surface area contributed by atoms with E-state index in [0.29, 0.717) is 47.3 Å². The Morgan fingerprint density at radius 1 is 0.897 bits per heavy atom. The van der Waals surface area contributed by atoms with Crippen molar-refractivity contribution in [3.05, 3.63) is 47.5 Å². The second kappa shape index (κ2) is 11.0. The van der Waals surface area contributed by atoms with Crippen LogP contribution in [0.2, 0.25) is 0 Å². The van der Waals surface area contributed by atoms with E-state index in [1.54, 1.807) is 36.4 Å². The maximum absolute atomic E-state index is 12.6. The Labute approximate surface area is 170 Å². The van der Waals surface area contributed by atoms with Crippen molar-refractivity contribution in [2.45, 2.75) is 6.42 Å². The fourth-order valence-electron chi connectivity index (χ4n) is 2.66. The minimum Gasteiger partial charge on any atom is -0.493 e. The van der Waals surface area contributed by atoms with Gasteiger partial charge in [0, 0.05) is 18.6 Å². The molecule has 0 amide bonds. The van der Waals surface area contributed by atoms with Crippen molar-refractivity contribution in [3.8, 4) is 28.7 Å². The third kappa shape index (κ3) is 5.65. The molecule has 0 unspecified atom stereocenters. The zero-order chi connectivity index (χ0) is 21.2. The fraction of sp³-hybridized carbons (Fsp3) is 0.318. The summed E-state index contributed by atoms with van der Waals surface area (Å²) in [6.45, 7) is 0.351. The molecule has 0 spiro atoms. The summed E-state index contributed by atoms with van der Waals surface area (Å²) in [6, 6.07) is 8.47. The van der Waals surface area contributed by atoms with Gasteiger partial charge in [0.2, 0.25) is 5.75 Å². The zero-order valence-corrected chi connectivity index (χ0v) is 17.1. The normalized spacial score (nSPS) is 10.7. The van der Waals surface area contributed by atoms with Gasteiger partial charge < -0.3 is 28.8 Å². The number of aliphatic hydroxyl groups is 1. The molecule has 0 aliphatic carbocycles. The minimum absolute atomic E-state index is 0.0263. The Morgan fingerprint density at radius 3 is 2.10 bits per heavy atom. The third-order valence-corrected chi connectivity index (χ3v) is 4.12. The Bertz CT molecular complexity index is 833. The summed E-state index contributed by atoms with van der Waals surface area (Å²) in [4.78, 5) is 12.6. The van der Waals surface area contributed by atoms with Crippen LogP contribution in [0.1, 0.15) is 22.3 Å². The Balaban J connectivity index is 2.25. The summed E-state index contributed by atoms with van der Waals surface area (Å²) in [5.41, 5.74) is 1.18. The number of carbonyl (C=O) groups is 1. The van der Waals surface area contributed by atoms with Crippen molar-refractivity contribution >= 4 is 11.9 Å². The number of ketones is 1. The molecule has 156 valence electrons. The molecular weight excluding hydrogens is 376 g/mol. The van der Waals surface area contributed by atoms with Crippen LogP contribution < -0.4 is 23.7 Å². The van der Waals surface area contributed by atoms with E-state index in [4.69, 9.17) is 28.8 Å². The van der Waals surface area contributed by atoms with Crippen LogP contribution in [-0.2, 0) is 0 Å². The SMILES string of the molecule is COc1ccc(C(=O)/C=C/c2cc(OC)c(OC)c(OC)c2)cc1OCCCO. The molecule has 29 heavy (non-hydrogen) atoms. The number of methoxy groups -OCH3 is 4. The van der Waals surface area contributed by atoms with Gasteiger partial charge >= 0.3 is 0 Å². The number of hydrogen-bond acceptors (Lipinski definition) is 7. The largest absolute Gasteiger partial charge is 0.493 e. The van der Waals surface area contributed by atoms with Crippen molar-refractivity contribution in [1.29, 1.82) is 0 Å². The summed E-state index contributed by atoms with van der Waals surface area (Å²) in [5.74, 6) is 2.26. The second-order valence-corrected chi connectivity index (χ2v) is 5.95. The summed E-state index contributed by atoms with van der Waals surface area (Å²) in [5, 5.41) is 8.90. The van der Waals surface area contributed by atoms with Crippen LogP contribution in [0.15, 0.2) is 36.4 Å². The molecule has 0 fully saturated rings. The average Bonchev–Trinajstić information content (AvgIpc) is 2.76. The van der Waals surface area contributed by atoms with Gasteiger partial charge in [0.05, 0.1) is 35.0 Å². The Hall–Kier alpha value is -3.19. The number of ether oxygens (including phenoxy) is 5. The summed E-state index contributed by atoms with van der Waals surface area (Å²) in [7, 11) is 6.13. The van der Waals surface area contributed by atoms with Crippen LogP contribution in [0.5, 0.6) is 28.7 Å². The van der Waals surface area contributed by atoms with Crippen LogP contribution in [0, 0.1) is 0 Å². The first kappa shape index (κ1) is 22.1. The zero-order valence-electron chi connectivity index (χ0n) is 17.1.